The minimum absolute atomic E-state index is 0.433. The van der Waals surface area contributed by atoms with E-state index in [0.29, 0.717) is 12.5 Å². The maximum absolute atomic E-state index is 5.73. The summed E-state index contributed by atoms with van der Waals surface area (Å²) in [6, 6.07) is 8.15. The molecule has 21 heavy (non-hydrogen) atoms. The molecule has 0 aliphatic carbocycles. The van der Waals surface area contributed by atoms with Crippen LogP contribution in [0.2, 0.25) is 0 Å². The van der Waals surface area contributed by atoms with E-state index in [9.17, 15) is 0 Å². The van der Waals surface area contributed by atoms with Gasteiger partial charge in [0.2, 0.25) is 0 Å². The molecule has 0 saturated carbocycles. The summed E-state index contributed by atoms with van der Waals surface area (Å²) in [5.41, 5.74) is 2.29. The highest BCUT2D eigenvalue weighted by molar-refractivity contribution is 7.15. The average Bonchev–Trinajstić information content (AvgIpc) is 2.90. The molecule has 0 atom stereocenters. The molecule has 0 amide bonds. The van der Waals surface area contributed by atoms with E-state index in [-0.39, 0.29) is 0 Å². The van der Waals surface area contributed by atoms with Crippen molar-refractivity contribution in [1.29, 1.82) is 0 Å². The lowest BCUT2D eigenvalue weighted by molar-refractivity contribution is 0.341. The minimum Gasteiger partial charge on any atom is -0.493 e. The van der Waals surface area contributed by atoms with Gasteiger partial charge in [-0.2, -0.15) is 0 Å². The molecule has 2 rings (SSSR count). The summed E-state index contributed by atoms with van der Waals surface area (Å²) in [6.45, 7) is 11.1. The summed E-state index contributed by atoms with van der Waals surface area (Å²) in [5, 5.41) is 4.46. The van der Waals surface area contributed by atoms with Crippen LogP contribution in [0, 0.1) is 0 Å². The first-order valence-corrected chi connectivity index (χ1v) is 8.41. The van der Waals surface area contributed by atoms with Gasteiger partial charge in [-0.05, 0) is 31.5 Å². The van der Waals surface area contributed by atoms with Crippen LogP contribution in [-0.4, -0.2) is 18.1 Å². The van der Waals surface area contributed by atoms with Gasteiger partial charge in [-0.15, -0.1) is 11.3 Å². The second-order valence-corrected chi connectivity index (χ2v) is 6.28. The Kier molecular flexibility index (Phi) is 5.76. The number of benzene rings is 1. The molecule has 0 fully saturated rings. The highest BCUT2D eigenvalue weighted by atomic mass is 32.1. The molecule has 0 saturated heterocycles. The zero-order valence-electron chi connectivity index (χ0n) is 13.3. The molecule has 0 radical (unpaired) electrons. The molecule has 1 N–H and O–H groups in total. The van der Waals surface area contributed by atoms with Crippen LogP contribution in [0.4, 0.5) is 0 Å². The SMILES string of the molecule is CCNCc1sc(-c2ccccc2OCC)nc1C(C)C. The third-order valence-corrected chi connectivity index (χ3v) is 4.33. The number of aromatic nitrogens is 1. The molecule has 0 aliphatic heterocycles. The number of ether oxygens (including phenoxy) is 1. The lowest BCUT2D eigenvalue weighted by Crippen LogP contribution is -2.12. The van der Waals surface area contributed by atoms with Gasteiger partial charge in [-0.1, -0.05) is 32.9 Å². The van der Waals surface area contributed by atoms with Gasteiger partial charge in [-0.25, -0.2) is 4.98 Å². The third-order valence-electron chi connectivity index (χ3n) is 3.23. The monoisotopic (exact) mass is 304 g/mol. The minimum atomic E-state index is 0.433. The van der Waals surface area contributed by atoms with Crippen molar-refractivity contribution < 1.29 is 4.74 Å². The Morgan fingerprint density at radius 1 is 1.24 bits per heavy atom. The second-order valence-electron chi connectivity index (χ2n) is 5.19. The van der Waals surface area contributed by atoms with Crippen LogP contribution < -0.4 is 10.1 Å². The molecular formula is C17H24N2OS. The van der Waals surface area contributed by atoms with Crippen molar-refractivity contribution in [3.63, 3.8) is 0 Å². The Labute approximate surface area is 131 Å². The molecule has 0 unspecified atom stereocenters. The van der Waals surface area contributed by atoms with E-state index in [1.54, 1.807) is 11.3 Å². The molecule has 1 aromatic heterocycles. The fraction of sp³-hybridized carbons (Fsp3) is 0.471. The summed E-state index contributed by atoms with van der Waals surface area (Å²) in [7, 11) is 0. The Morgan fingerprint density at radius 2 is 2.00 bits per heavy atom. The Morgan fingerprint density at radius 3 is 2.67 bits per heavy atom. The van der Waals surface area contributed by atoms with Crippen molar-refractivity contribution in [3.05, 3.63) is 34.8 Å². The summed E-state index contributed by atoms with van der Waals surface area (Å²) >= 11 is 1.77. The molecule has 3 nitrogen and oxygen atoms in total. The van der Waals surface area contributed by atoms with Gasteiger partial charge in [-0.3, -0.25) is 0 Å². The zero-order valence-corrected chi connectivity index (χ0v) is 14.1. The van der Waals surface area contributed by atoms with Crippen LogP contribution in [0.25, 0.3) is 10.6 Å². The van der Waals surface area contributed by atoms with Gasteiger partial charge in [0.25, 0.3) is 0 Å². The van der Waals surface area contributed by atoms with E-state index in [0.717, 1.165) is 29.4 Å². The standard InChI is InChI=1S/C17H24N2OS/c1-5-18-11-15-16(12(3)4)19-17(21-15)13-9-7-8-10-14(13)20-6-2/h7-10,12,18H,5-6,11H2,1-4H3. The van der Waals surface area contributed by atoms with Crippen LogP contribution in [-0.2, 0) is 6.54 Å². The smallest absolute Gasteiger partial charge is 0.129 e. The molecule has 0 aliphatic rings. The third kappa shape index (κ3) is 3.83. The van der Waals surface area contributed by atoms with Gasteiger partial charge >= 0.3 is 0 Å². The van der Waals surface area contributed by atoms with Gasteiger partial charge in [0.05, 0.1) is 17.9 Å². The first-order valence-electron chi connectivity index (χ1n) is 7.59. The molecule has 4 heteroatoms. The number of rotatable bonds is 7. The number of nitrogens with one attached hydrogen (secondary N) is 1. The lowest BCUT2D eigenvalue weighted by atomic mass is 10.1. The number of hydrogen-bond donors (Lipinski definition) is 1. The van der Waals surface area contributed by atoms with Gasteiger partial charge < -0.3 is 10.1 Å². The molecular weight excluding hydrogens is 280 g/mol. The van der Waals surface area contributed by atoms with E-state index in [4.69, 9.17) is 9.72 Å². The normalized spacial score (nSPS) is 11.1. The van der Waals surface area contributed by atoms with E-state index >= 15 is 0 Å². The quantitative estimate of drug-likeness (QED) is 0.821. The van der Waals surface area contributed by atoms with E-state index in [1.807, 2.05) is 25.1 Å². The van der Waals surface area contributed by atoms with Crippen LogP contribution in [0.1, 0.15) is 44.2 Å². The van der Waals surface area contributed by atoms with Gasteiger partial charge in [0, 0.05) is 11.4 Å². The van der Waals surface area contributed by atoms with Gasteiger partial charge in [0.15, 0.2) is 0 Å². The Bertz CT molecular complexity index is 578. The summed E-state index contributed by atoms with van der Waals surface area (Å²) < 4.78 is 5.73. The first kappa shape index (κ1) is 16.0. The van der Waals surface area contributed by atoms with Crippen molar-refractivity contribution in [3.8, 4) is 16.3 Å². The highest BCUT2D eigenvalue weighted by Gasteiger charge is 2.17. The highest BCUT2D eigenvalue weighted by Crippen LogP contribution is 2.36. The maximum atomic E-state index is 5.73. The number of para-hydroxylation sites is 1. The van der Waals surface area contributed by atoms with Gasteiger partial charge in [0.1, 0.15) is 10.8 Å². The van der Waals surface area contributed by atoms with Crippen LogP contribution in [0.15, 0.2) is 24.3 Å². The zero-order chi connectivity index (χ0) is 15.2. The Balaban J connectivity index is 2.40. The fourth-order valence-electron chi connectivity index (χ4n) is 2.22. The topological polar surface area (TPSA) is 34.1 Å². The summed E-state index contributed by atoms with van der Waals surface area (Å²) in [5.74, 6) is 1.35. The van der Waals surface area contributed by atoms with Crippen LogP contribution in [0.5, 0.6) is 5.75 Å². The maximum Gasteiger partial charge on any atom is 0.129 e. The second kappa shape index (κ2) is 7.57. The molecule has 2 aromatic rings. The molecule has 1 aromatic carbocycles. The fourth-order valence-corrected chi connectivity index (χ4v) is 3.44. The van der Waals surface area contributed by atoms with Crippen molar-refractivity contribution in [2.75, 3.05) is 13.2 Å². The van der Waals surface area contributed by atoms with Crippen LogP contribution in [0.3, 0.4) is 0 Å². The average molecular weight is 304 g/mol. The predicted octanol–water partition coefficient (Wildman–Crippen LogP) is 4.44. The van der Waals surface area contributed by atoms with Crippen molar-refractivity contribution in [2.45, 2.75) is 40.2 Å². The summed E-state index contributed by atoms with van der Waals surface area (Å²) in [6.07, 6.45) is 0. The number of nitrogens with zero attached hydrogens (tertiary/aromatic N) is 1. The van der Waals surface area contributed by atoms with Crippen molar-refractivity contribution in [2.24, 2.45) is 0 Å². The van der Waals surface area contributed by atoms with Crippen molar-refractivity contribution in [1.82, 2.24) is 10.3 Å². The lowest BCUT2D eigenvalue weighted by Gasteiger charge is -2.07. The van der Waals surface area contributed by atoms with Crippen LogP contribution >= 0.6 is 11.3 Å². The molecule has 114 valence electrons. The number of thiazole rings is 1. The van der Waals surface area contributed by atoms with E-state index in [1.165, 1.54) is 10.6 Å². The molecule has 0 bridgehead atoms. The predicted molar refractivity (Wildman–Crippen MR) is 90.2 cm³/mol. The molecule has 1 heterocycles. The molecule has 0 spiro atoms. The largest absolute Gasteiger partial charge is 0.493 e. The van der Waals surface area contributed by atoms with E-state index in [2.05, 4.69) is 32.2 Å². The summed E-state index contributed by atoms with van der Waals surface area (Å²) in [4.78, 5) is 6.20. The Hall–Kier alpha value is -1.39. The first-order chi connectivity index (χ1) is 10.2. The van der Waals surface area contributed by atoms with Crippen molar-refractivity contribution >= 4 is 11.3 Å². The van der Waals surface area contributed by atoms with E-state index < -0.39 is 0 Å². The number of hydrogen-bond acceptors (Lipinski definition) is 4.